The molecule has 106 valence electrons. The molecule has 0 radical (unpaired) electrons. The molecule has 1 heterocycles. The van der Waals surface area contributed by atoms with Crippen LogP contribution in [0.5, 0.6) is 0 Å². The van der Waals surface area contributed by atoms with E-state index in [1.165, 1.54) is 5.56 Å². The summed E-state index contributed by atoms with van der Waals surface area (Å²) in [6, 6.07) is 8.37. The van der Waals surface area contributed by atoms with E-state index in [-0.39, 0.29) is 19.0 Å². The lowest BCUT2D eigenvalue weighted by Crippen LogP contribution is -3.00. The zero-order chi connectivity index (χ0) is 13.7. The summed E-state index contributed by atoms with van der Waals surface area (Å²) in [7, 11) is 0. The molecule has 1 aromatic heterocycles. The number of aromatic nitrogens is 2. The average Bonchev–Trinajstić information content (AvgIpc) is 2.84. The molecule has 0 spiro atoms. The third-order valence-corrected chi connectivity index (χ3v) is 2.86. The number of halogens is 1. The third kappa shape index (κ3) is 4.55. The van der Waals surface area contributed by atoms with Crippen LogP contribution in [0.2, 0.25) is 0 Å². The maximum absolute atomic E-state index is 10.6. The largest absolute Gasteiger partial charge is 1.00 e. The van der Waals surface area contributed by atoms with E-state index in [1.54, 1.807) is 17.1 Å². The van der Waals surface area contributed by atoms with Crippen LogP contribution in [0.4, 0.5) is 0 Å². The molecule has 20 heavy (non-hydrogen) atoms. The number of carboxylic acids is 1. The van der Waals surface area contributed by atoms with Crippen molar-refractivity contribution >= 4 is 18.2 Å². The standard InChI is InChI=1S/C15H16N2O2.ClH/c1-2-13-3-5-14(6-4-13)7-8-16-9-10-17(12-16)11-15(18)19;/h3-10,12H,2,11H2,1H3;1H. The fourth-order valence-corrected chi connectivity index (χ4v) is 1.79. The lowest BCUT2D eigenvalue weighted by Gasteiger charge is -1.96. The Morgan fingerprint density at radius 1 is 1.35 bits per heavy atom. The first-order chi connectivity index (χ1) is 9.17. The van der Waals surface area contributed by atoms with E-state index < -0.39 is 5.97 Å². The van der Waals surface area contributed by atoms with Gasteiger partial charge in [-0.1, -0.05) is 31.2 Å². The van der Waals surface area contributed by atoms with Gasteiger partial charge < -0.3 is 17.5 Å². The molecule has 0 fully saturated rings. The van der Waals surface area contributed by atoms with Gasteiger partial charge in [0, 0.05) is 0 Å². The van der Waals surface area contributed by atoms with E-state index in [4.69, 9.17) is 5.11 Å². The Morgan fingerprint density at radius 3 is 2.65 bits per heavy atom. The maximum Gasteiger partial charge on any atom is 0.346 e. The van der Waals surface area contributed by atoms with E-state index in [9.17, 15) is 4.79 Å². The van der Waals surface area contributed by atoms with Gasteiger partial charge in [0.25, 0.3) is 0 Å². The maximum atomic E-state index is 10.6. The molecule has 0 saturated heterocycles. The Hall–Kier alpha value is -2.07. The molecule has 0 aliphatic rings. The monoisotopic (exact) mass is 292 g/mol. The molecule has 0 amide bonds. The van der Waals surface area contributed by atoms with Crippen LogP contribution in [0, 0.1) is 0 Å². The Bertz CT molecular complexity index is 588. The van der Waals surface area contributed by atoms with Crippen LogP contribution in [0.15, 0.2) is 43.0 Å². The highest BCUT2D eigenvalue weighted by Crippen LogP contribution is 2.07. The fraction of sp³-hybridized carbons (Fsp3) is 0.200. The highest BCUT2D eigenvalue weighted by atomic mass is 35.5. The van der Waals surface area contributed by atoms with Crippen molar-refractivity contribution < 1.29 is 26.9 Å². The van der Waals surface area contributed by atoms with Crippen LogP contribution in [-0.4, -0.2) is 15.6 Å². The van der Waals surface area contributed by atoms with E-state index in [0.717, 1.165) is 12.0 Å². The summed E-state index contributed by atoms with van der Waals surface area (Å²) in [5.74, 6) is -0.845. The van der Waals surface area contributed by atoms with E-state index in [0.29, 0.717) is 0 Å². The van der Waals surface area contributed by atoms with Crippen molar-refractivity contribution in [2.45, 2.75) is 19.9 Å². The van der Waals surface area contributed by atoms with Gasteiger partial charge in [-0.3, -0.25) is 0 Å². The normalized spacial score (nSPS) is 10.4. The SMILES string of the molecule is CCc1ccc(C=Cn2cc[n+](CC(=O)O)c2)cc1.[Cl-]. The predicted molar refractivity (Wildman–Crippen MR) is 73.3 cm³/mol. The summed E-state index contributed by atoms with van der Waals surface area (Å²) in [5, 5.41) is 8.69. The van der Waals surface area contributed by atoms with E-state index in [2.05, 4.69) is 31.2 Å². The second-order valence-electron chi connectivity index (χ2n) is 4.34. The molecule has 1 N–H and O–H groups in total. The van der Waals surface area contributed by atoms with Gasteiger partial charge in [0.15, 0.2) is 6.54 Å². The Balaban J connectivity index is 0.00000200. The number of hydrogen-bond donors (Lipinski definition) is 1. The lowest BCUT2D eigenvalue weighted by atomic mass is 10.1. The van der Waals surface area contributed by atoms with Crippen LogP contribution in [0.25, 0.3) is 12.3 Å². The third-order valence-electron chi connectivity index (χ3n) is 2.86. The summed E-state index contributed by atoms with van der Waals surface area (Å²) in [4.78, 5) is 10.6. The van der Waals surface area contributed by atoms with Gasteiger partial charge in [0.05, 0.1) is 6.20 Å². The summed E-state index contributed by atoms with van der Waals surface area (Å²) in [6.07, 6.45) is 10.2. The number of hydrogen-bond acceptors (Lipinski definition) is 1. The summed E-state index contributed by atoms with van der Waals surface area (Å²) >= 11 is 0. The zero-order valence-corrected chi connectivity index (χ0v) is 12.0. The van der Waals surface area contributed by atoms with Crippen molar-refractivity contribution in [3.05, 3.63) is 54.1 Å². The molecule has 2 rings (SSSR count). The number of carbonyl (C=O) groups is 1. The summed E-state index contributed by atoms with van der Waals surface area (Å²) in [5.41, 5.74) is 2.44. The quantitative estimate of drug-likeness (QED) is 0.723. The number of rotatable bonds is 5. The topological polar surface area (TPSA) is 46.1 Å². The molecule has 0 saturated carbocycles. The molecule has 1 aromatic carbocycles. The average molecular weight is 293 g/mol. The first kappa shape index (κ1) is 16.0. The van der Waals surface area contributed by atoms with Crippen LogP contribution >= 0.6 is 0 Å². The van der Waals surface area contributed by atoms with E-state index in [1.807, 2.05) is 23.0 Å². The van der Waals surface area contributed by atoms with Gasteiger partial charge in [-0.15, -0.1) is 0 Å². The molecule has 5 heteroatoms. The first-order valence-corrected chi connectivity index (χ1v) is 6.23. The van der Waals surface area contributed by atoms with Gasteiger partial charge in [-0.2, -0.15) is 0 Å². The minimum Gasteiger partial charge on any atom is -1.00 e. The fourth-order valence-electron chi connectivity index (χ4n) is 1.79. The molecule has 2 aromatic rings. The summed E-state index contributed by atoms with van der Waals surface area (Å²) in [6.45, 7) is 2.11. The van der Waals surface area contributed by atoms with Crippen molar-refractivity contribution in [3.63, 3.8) is 0 Å². The smallest absolute Gasteiger partial charge is 0.346 e. The minimum absolute atomic E-state index is 0. The van der Waals surface area contributed by atoms with E-state index >= 15 is 0 Å². The minimum atomic E-state index is -0.845. The predicted octanol–water partition coefficient (Wildman–Crippen LogP) is -0.945. The van der Waals surface area contributed by atoms with Crippen molar-refractivity contribution in [2.24, 2.45) is 0 Å². The molecule has 0 aliphatic carbocycles. The summed E-state index contributed by atoms with van der Waals surface area (Å²) < 4.78 is 3.45. The van der Waals surface area contributed by atoms with Crippen LogP contribution in [0.1, 0.15) is 18.1 Å². The molecule has 4 nitrogen and oxygen atoms in total. The van der Waals surface area contributed by atoms with Crippen molar-refractivity contribution in [3.8, 4) is 0 Å². The van der Waals surface area contributed by atoms with Gasteiger partial charge >= 0.3 is 5.97 Å². The molecule has 0 atom stereocenters. The zero-order valence-electron chi connectivity index (χ0n) is 11.2. The number of aliphatic carboxylic acids is 1. The van der Waals surface area contributed by atoms with Crippen LogP contribution < -0.4 is 17.0 Å². The van der Waals surface area contributed by atoms with Crippen LogP contribution in [0.3, 0.4) is 0 Å². The number of benzene rings is 1. The molecule has 0 aliphatic heterocycles. The van der Waals surface area contributed by atoms with Crippen molar-refractivity contribution in [2.75, 3.05) is 0 Å². The number of aryl methyl sites for hydroxylation is 1. The molecular formula is C15H17ClN2O2. The Morgan fingerprint density at radius 2 is 2.05 bits per heavy atom. The Kier molecular flexibility index (Phi) is 6.00. The van der Waals surface area contributed by atoms with Gasteiger partial charge in [-0.05, 0) is 23.6 Å². The number of nitrogens with zero attached hydrogens (tertiary/aromatic N) is 2. The lowest BCUT2D eigenvalue weighted by molar-refractivity contribution is -0.684. The van der Waals surface area contributed by atoms with Gasteiger partial charge in [0.1, 0.15) is 12.4 Å². The Labute approximate surface area is 124 Å². The van der Waals surface area contributed by atoms with Crippen molar-refractivity contribution in [1.82, 2.24) is 4.57 Å². The number of carboxylic acid groups (broad SMARTS) is 1. The van der Waals surface area contributed by atoms with Gasteiger partial charge in [0.2, 0.25) is 6.33 Å². The molecular weight excluding hydrogens is 276 g/mol. The van der Waals surface area contributed by atoms with Crippen molar-refractivity contribution in [1.29, 1.82) is 0 Å². The van der Waals surface area contributed by atoms with Gasteiger partial charge in [-0.25, -0.2) is 13.9 Å². The van der Waals surface area contributed by atoms with Crippen LogP contribution in [-0.2, 0) is 17.8 Å². The highest BCUT2D eigenvalue weighted by molar-refractivity contribution is 5.64. The first-order valence-electron chi connectivity index (χ1n) is 6.23. The second-order valence-corrected chi connectivity index (χ2v) is 4.34. The molecule has 0 bridgehead atoms. The highest BCUT2D eigenvalue weighted by Gasteiger charge is 2.05. The molecule has 0 unspecified atom stereocenters. The second kappa shape index (κ2) is 7.50. The number of imidazole rings is 1.